The number of phenolic OH excluding ortho intramolecular Hbond substituents is 1. The molecule has 2 aromatic carbocycles. The van der Waals surface area contributed by atoms with Gasteiger partial charge in [-0.2, -0.15) is 0 Å². The number of nitrogens with one attached hydrogen (secondary N) is 1. The van der Waals surface area contributed by atoms with E-state index in [0.29, 0.717) is 12.5 Å². The smallest absolute Gasteiger partial charge is 0.224 e. The maximum absolute atomic E-state index is 12.1. The van der Waals surface area contributed by atoms with Crippen molar-refractivity contribution >= 4 is 5.91 Å². The van der Waals surface area contributed by atoms with E-state index < -0.39 is 0 Å². The SMILES string of the molecule is O=C(Cc1cccc(O)c1)NC[C@H]1CCO[C@H]1c1ccccc1. The number of ether oxygens (including phenoxy) is 1. The van der Waals surface area contributed by atoms with Gasteiger partial charge in [0.15, 0.2) is 0 Å². The number of aromatic hydroxyl groups is 1. The van der Waals surface area contributed by atoms with Gasteiger partial charge < -0.3 is 15.2 Å². The van der Waals surface area contributed by atoms with Crippen molar-refractivity contribution < 1.29 is 14.6 Å². The molecule has 0 spiro atoms. The van der Waals surface area contributed by atoms with Gasteiger partial charge in [-0.25, -0.2) is 0 Å². The molecule has 1 fully saturated rings. The summed E-state index contributed by atoms with van der Waals surface area (Å²) in [6, 6.07) is 16.9. The molecule has 0 aliphatic carbocycles. The molecule has 2 N–H and O–H groups in total. The molecular formula is C19H21NO3. The Morgan fingerprint density at radius 2 is 2.00 bits per heavy atom. The Kier molecular flexibility index (Phi) is 4.93. The maximum Gasteiger partial charge on any atom is 0.224 e. The predicted molar refractivity (Wildman–Crippen MR) is 88.1 cm³/mol. The Morgan fingerprint density at radius 3 is 2.78 bits per heavy atom. The first-order chi connectivity index (χ1) is 11.2. The van der Waals surface area contributed by atoms with Gasteiger partial charge in [0.2, 0.25) is 5.91 Å². The normalized spacial score (nSPS) is 20.3. The van der Waals surface area contributed by atoms with E-state index in [2.05, 4.69) is 17.4 Å². The van der Waals surface area contributed by atoms with Crippen LogP contribution in [0.2, 0.25) is 0 Å². The molecule has 2 atom stereocenters. The third-order valence-corrected chi connectivity index (χ3v) is 4.18. The van der Waals surface area contributed by atoms with Crippen molar-refractivity contribution in [1.29, 1.82) is 0 Å². The third-order valence-electron chi connectivity index (χ3n) is 4.18. The lowest BCUT2D eigenvalue weighted by atomic mass is 9.95. The fourth-order valence-electron chi connectivity index (χ4n) is 3.01. The second kappa shape index (κ2) is 7.29. The van der Waals surface area contributed by atoms with Gasteiger partial charge >= 0.3 is 0 Å². The lowest BCUT2D eigenvalue weighted by Gasteiger charge is -2.19. The van der Waals surface area contributed by atoms with Gasteiger partial charge in [0.25, 0.3) is 0 Å². The molecule has 1 aliphatic heterocycles. The summed E-state index contributed by atoms with van der Waals surface area (Å²) in [5.41, 5.74) is 1.97. The second-order valence-corrected chi connectivity index (χ2v) is 5.90. The number of amides is 1. The molecular weight excluding hydrogens is 290 g/mol. The predicted octanol–water partition coefficient (Wildman–Crippen LogP) is 2.83. The third kappa shape index (κ3) is 4.11. The molecule has 1 saturated heterocycles. The summed E-state index contributed by atoms with van der Waals surface area (Å²) < 4.78 is 5.83. The molecule has 1 heterocycles. The lowest BCUT2D eigenvalue weighted by molar-refractivity contribution is -0.120. The van der Waals surface area contributed by atoms with E-state index in [-0.39, 0.29) is 24.2 Å². The molecule has 0 radical (unpaired) electrons. The summed E-state index contributed by atoms with van der Waals surface area (Å²) in [6.07, 6.45) is 1.28. The molecule has 0 unspecified atom stereocenters. The van der Waals surface area contributed by atoms with Crippen LogP contribution in [0.25, 0.3) is 0 Å². The Bertz CT molecular complexity index is 657. The monoisotopic (exact) mass is 311 g/mol. The van der Waals surface area contributed by atoms with Crippen LogP contribution in [0.15, 0.2) is 54.6 Å². The Balaban J connectivity index is 1.54. The number of phenols is 1. The first kappa shape index (κ1) is 15.6. The van der Waals surface area contributed by atoms with Crippen molar-refractivity contribution in [3.8, 4) is 5.75 Å². The van der Waals surface area contributed by atoms with Gasteiger partial charge in [-0.05, 0) is 29.7 Å². The van der Waals surface area contributed by atoms with Crippen molar-refractivity contribution in [3.05, 3.63) is 65.7 Å². The molecule has 0 bridgehead atoms. The fourth-order valence-corrected chi connectivity index (χ4v) is 3.01. The average Bonchev–Trinajstić information content (AvgIpc) is 3.02. The molecule has 1 aliphatic rings. The largest absolute Gasteiger partial charge is 0.508 e. The van der Waals surface area contributed by atoms with Crippen molar-refractivity contribution in [1.82, 2.24) is 5.32 Å². The van der Waals surface area contributed by atoms with Gasteiger partial charge in [-0.15, -0.1) is 0 Å². The Labute approximate surface area is 136 Å². The van der Waals surface area contributed by atoms with Gasteiger partial charge in [0, 0.05) is 19.1 Å². The molecule has 23 heavy (non-hydrogen) atoms. The summed E-state index contributed by atoms with van der Waals surface area (Å²) >= 11 is 0. The van der Waals surface area contributed by atoms with E-state index >= 15 is 0 Å². The number of rotatable bonds is 5. The topological polar surface area (TPSA) is 58.6 Å². The van der Waals surface area contributed by atoms with E-state index in [1.807, 2.05) is 24.3 Å². The summed E-state index contributed by atoms with van der Waals surface area (Å²) in [5, 5.41) is 12.4. The number of hydrogen-bond acceptors (Lipinski definition) is 3. The zero-order chi connectivity index (χ0) is 16.1. The highest BCUT2D eigenvalue weighted by molar-refractivity contribution is 5.78. The minimum atomic E-state index is -0.0330. The maximum atomic E-state index is 12.1. The van der Waals surface area contributed by atoms with Crippen LogP contribution in [0.3, 0.4) is 0 Å². The summed E-state index contributed by atoms with van der Waals surface area (Å²) in [7, 11) is 0. The van der Waals surface area contributed by atoms with Gasteiger partial charge in [-0.3, -0.25) is 4.79 Å². The molecule has 0 saturated carbocycles. The molecule has 1 amide bonds. The number of benzene rings is 2. The van der Waals surface area contributed by atoms with Gasteiger partial charge in [0.1, 0.15) is 5.75 Å². The highest BCUT2D eigenvalue weighted by Crippen LogP contribution is 2.33. The van der Waals surface area contributed by atoms with Crippen LogP contribution >= 0.6 is 0 Å². The van der Waals surface area contributed by atoms with E-state index in [0.717, 1.165) is 24.2 Å². The van der Waals surface area contributed by atoms with E-state index in [9.17, 15) is 9.90 Å². The first-order valence-corrected chi connectivity index (χ1v) is 7.93. The first-order valence-electron chi connectivity index (χ1n) is 7.93. The molecule has 2 aromatic rings. The van der Waals surface area contributed by atoms with Crippen LogP contribution in [-0.2, 0) is 16.0 Å². The quantitative estimate of drug-likeness (QED) is 0.892. The van der Waals surface area contributed by atoms with Crippen molar-refractivity contribution in [3.63, 3.8) is 0 Å². The Morgan fingerprint density at radius 1 is 1.17 bits per heavy atom. The number of carbonyl (C=O) groups excluding carboxylic acids is 1. The van der Waals surface area contributed by atoms with E-state index in [4.69, 9.17) is 4.74 Å². The summed E-state index contributed by atoms with van der Waals surface area (Å²) in [6.45, 7) is 1.34. The highest BCUT2D eigenvalue weighted by atomic mass is 16.5. The molecule has 4 heteroatoms. The van der Waals surface area contributed by atoms with Crippen LogP contribution in [0.4, 0.5) is 0 Å². The summed E-state index contributed by atoms with van der Waals surface area (Å²) in [4.78, 5) is 12.1. The van der Waals surface area contributed by atoms with Crippen LogP contribution < -0.4 is 5.32 Å². The molecule has 0 aromatic heterocycles. The van der Waals surface area contributed by atoms with Crippen molar-refractivity contribution in [2.45, 2.75) is 18.9 Å². The number of carbonyl (C=O) groups is 1. The van der Waals surface area contributed by atoms with Crippen molar-refractivity contribution in [2.24, 2.45) is 5.92 Å². The van der Waals surface area contributed by atoms with Crippen LogP contribution in [0.1, 0.15) is 23.7 Å². The van der Waals surface area contributed by atoms with E-state index in [1.54, 1.807) is 18.2 Å². The van der Waals surface area contributed by atoms with Crippen molar-refractivity contribution in [2.75, 3.05) is 13.2 Å². The Hall–Kier alpha value is -2.33. The van der Waals surface area contributed by atoms with Gasteiger partial charge in [0.05, 0.1) is 12.5 Å². The minimum Gasteiger partial charge on any atom is -0.508 e. The van der Waals surface area contributed by atoms with Crippen LogP contribution in [0, 0.1) is 5.92 Å². The summed E-state index contributed by atoms with van der Waals surface area (Å²) in [5.74, 6) is 0.448. The zero-order valence-electron chi connectivity index (χ0n) is 12.9. The van der Waals surface area contributed by atoms with Crippen LogP contribution in [-0.4, -0.2) is 24.2 Å². The van der Waals surface area contributed by atoms with E-state index in [1.165, 1.54) is 0 Å². The standard InChI is InChI=1S/C19H21NO3/c21-17-8-4-5-14(11-17)12-18(22)20-13-16-9-10-23-19(16)15-6-2-1-3-7-15/h1-8,11,16,19,21H,9-10,12-13H2,(H,20,22)/t16-,19+/m1/s1. The zero-order valence-corrected chi connectivity index (χ0v) is 12.9. The average molecular weight is 311 g/mol. The molecule has 3 rings (SSSR count). The molecule has 4 nitrogen and oxygen atoms in total. The highest BCUT2D eigenvalue weighted by Gasteiger charge is 2.29. The molecule has 120 valence electrons. The lowest BCUT2D eigenvalue weighted by Crippen LogP contribution is -2.31. The fraction of sp³-hybridized carbons (Fsp3) is 0.316. The number of hydrogen-bond donors (Lipinski definition) is 2. The minimum absolute atomic E-state index is 0.0330. The second-order valence-electron chi connectivity index (χ2n) is 5.90. The van der Waals surface area contributed by atoms with Gasteiger partial charge in [-0.1, -0.05) is 42.5 Å². The van der Waals surface area contributed by atoms with Crippen LogP contribution in [0.5, 0.6) is 5.75 Å².